The minimum absolute atomic E-state index is 0.0960. The van der Waals surface area contributed by atoms with Crippen molar-refractivity contribution in [1.82, 2.24) is 0 Å². The highest BCUT2D eigenvalue weighted by Gasteiger charge is 2.31. The van der Waals surface area contributed by atoms with Crippen molar-refractivity contribution in [2.24, 2.45) is 0 Å². The molecule has 0 spiro atoms. The van der Waals surface area contributed by atoms with Gasteiger partial charge in [0, 0.05) is 5.92 Å². The molecular formula is C7H9Br3. The normalized spacial score (nSPS) is 23.1. The molecule has 1 fully saturated rings. The molecule has 1 saturated carbocycles. The van der Waals surface area contributed by atoms with Crippen LogP contribution in [0.3, 0.4) is 0 Å². The van der Waals surface area contributed by atoms with Crippen molar-refractivity contribution in [2.75, 3.05) is 0 Å². The molecule has 3 heteroatoms. The van der Waals surface area contributed by atoms with E-state index in [1.165, 1.54) is 31.6 Å². The highest BCUT2D eigenvalue weighted by molar-refractivity contribution is 9.39. The smallest absolute Gasteiger partial charge is 0.0593 e. The molecule has 0 nitrogen and oxygen atoms in total. The maximum absolute atomic E-state index is 3.52. The van der Waals surface area contributed by atoms with Gasteiger partial charge >= 0.3 is 0 Å². The molecule has 1 aliphatic rings. The lowest BCUT2D eigenvalue weighted by Gasteiger charge is -2.27. The standard InChI is InChI=1S/C7H9Br3/c8-7(9,10)6-4-2-1-3-5-6/h1H,2-5H2. The Morgan fingerprint density at radius 3 is 1.90 bits per heavy atom. The van der Waals surface area contributed by atoms with Crippen LogP contribution in [0.2, 0.25) is 0 Å². The van der Waals surface area contributed by atoms with E-state index in [9.17, 15) is 0 Å². The monoisotopic (exact) mass is 330 g/mol. The molecule has 0 aromatic carbocycles. The predicted molar refractivity (Wildman–Crippen MR) is 55.5 cm³/mol. The molecule has 58 valence electrons. The van der Waals surface area contributed by atoms with Crippen LogP contribution in [0.25, 0.3) is 0 Å². The van der Waals surface area contributed by atoms with E-state index in [0.29, 0.717) is 0 Å². The van der Waals surface area contributed by atoms with E-state index in [1.54, 1.807) is 0 Å². The molecule has 0 aromatic heterocycles. The van der Waals surface area contributed by atoms with Crippen LogP contribution in [0.4, 0.5) is 0 Å². The molecule has 2 radical (unpaired) electrons. The van der Waals surface area contributed by atoms with Crippen LogP contribution >= 0.6 is 47.8 Å². The summed E-state index contributed by atoms with van der Waals surface area (Å²) in [4.78, 5) is 0. The first-order valence-corrected chi connectivity index (χ1v) is 5.72. The number of alkyl halides is 3. The van der Waals surface area contributed by atoms with Crippen molar-refractivity contribution in [2.45, 2.75) is 27.8 Å². The van der Waals surface area contributed by atoms with Gasteiger partial charge in [-0.3, -0.25) is 0 Å². The Balaban J connectivity index is 2.39. The van der Waals surface area contributed by atoms with Crippen molar-refractivity contribution in [3.05, 3.63) is 12.3 Å². The zero-order chi connectivity index (χ0) is 7.61. The molecule has 0 bridgehead atoms. The lowest BCUT2D eigenvalue weighted by atomic mass is 9.91. The topological polar surface area (TPSA) is 0 Å². The van der Waals surface area contributed by atoms with Gasteiger partial charge in [0.15, 0.2) is 0 Å². The van der Waals surface area contributed by atoms with Gasteiger partial charge in [-0.1, -0.05) is 47.8 Å². The second-order valence-electron chi connectivity index (χ2n) is 2.47. The van der Waals surface area contributed by atoms with E-state index >= 15 is 0 Å². The Morgan fingerprint density at radius 1 is 1.10 bits per heavy atom. The summed E-state index contributed by atoms with van der Waals surface area (Å²) in [6.45, 7) is 0. The third-order valence-electron chi connectivity index (χ3n) is 1.70. The van der Waals surface area contributed by atoms with Crippen molar-refractivity contribution in [3.8, 4) is 0 Å². The first kappa shape index (κ1) is 9.53. The molecule has 1 rings (SSSR count). The van der Waals surface area contributed by atoms with Gasteiger partial charge in [0.2, 0.25) is 0 Å². The SMILES string of the molecule is BrC(Br)(Br)[C]1CC[CH]CC1. The first-order chi connectivity index (χ1) is 4.61. The van der Waals surface area contributed by atoms with Crippen molar-refractivity contribution >= 4 is 47.8 Å². The minimum Gasteiger partial charge on any atom is -0.0593 e. The number of halogens is 3. The number of hydrogen-bond acceptors (Lipinski definition) is 0. The fourth-order valence-electron chi connectivity index (χ4n) is 1.11. The maximum atomic E-state index is 3.52. The highest BCUT2D eigenvalue weighted by Crippen LogP contribution is 2.48. The molecule has 0 heterocycles. The summed E-state index contributed by atoms with van der Waals surface area (Å²) in [5, 5.41) is 0. The van der Waals surface area contributed by atoms with Crippen molar-refractivity contribution in [1.29, 1.82) is 0 Å². The van der Waals surface area contributed by atoms with Crippen LogP contribution in [0.5, 0.6) is 0 Å². The Morgan fingerprint density at radius 2 is 1.60 bits per heavy atom. The molecule has 0 unspecified atom stereocenters. The van der Waals surface area contributed by atoms with E-state index in [-0.39, 0.29) is 2.14 Å². The molecule has 10 heavy (non-hydrogen) atoms. The molecule has 0 atom stereocenters. The first-order valence-electron chi connectivity index (χ1n) is 3.34. The molecule has 0 aromatic rings. The zero-order valence-corrected chi connectivity index (χ0v) is 10.3. The number of rotatable bonds is 0. The van der Waals surface area contributed by atoms with Crippen LogP contribution < -0.4 is 0 Å². The summed E-state index contributed by atoms with van der Waals surface area (Å²) >= 11 is 10.6. The van der Waals surface area contributed by atoms with Crippen LogP contribution in [0, 0.1) is 12.3 Å². The Kier molecular flexibility index (Phi) is 3.72. The Bertz CT molecular complexity index is 99.9. The Labute approximate surface area is 87.5 Å². The molecule has 1 aliphatic carbocycles. The average Bonchev–Trinajstić information content (AvgIpc) is 1.88. The van der Waals surface area contributed by atoms with Crippen LogP contribution in [0.1, 0.15) is 25.7 Å². The van der Waals surface area contributed by atoms with Gasteiger partial charge < -0.3 is 0 Å². The third kappa shape index (κ3) is 2.82. The molecule has 0 aliphatic heterocycles. The van der Waals surface area contributed by atoms with E-state index < -0.39 is 0 Å². The molecular weight excluding hydrogens is 324 g/mol. The van der Waals surface area contributed by atoms with Gasteiger partial charge in [0.25, 0.3) is 0 Å². The molecule has 0 amide bonds. The average molecular weight is 333 g/mol. The highest BCUT2D eigenvalue weighted by atomic mass is 80.0. The molecule has 0 N–H and O–H groups in total. The van der Waals surface area contributed by atoms with Gasteiger partial charge in [-0.25, -0.2) is 0 Å². The predicted octanol–water partition coefficient (Wildman–Crippen LogP) is 4.18. The van der Waals surface area contributed by atoms with Crippen LogP contribution in [-0.2, 0) is 0 Å². The van der Waals surface area contributed by atoms with Gasteiger partial charge in [-0.05, 0) is 32.1 Å². The van der Waals surface area contributed by atoms with Gasteiger partial charge in [-0.15, -0.1) is 0 Å². The lowest BCUT2D eigenvalue weighted by Crippen LogP contribution is -2.17. The van der Waals surface area contributed by atoms with E-state index in [1.807, 2.05) is 0 Å². The fraction of sp³-hybridized carbons (Fsp3) is 0.714. The van der Waals surface area contributed by atoms with Gasteiger partial charge in [-0.2, -0.15) is 0 Å². The Hall–Kier alpha value is 1.44. The van der Waals surface area contributed by atoms with Crippen molar-refractivity contribution in [3.63, 3.8) is 0 Å². The third-order valence-corrected chi connectivity index (χ3v) is 3.38. The van der Waals surface area contributed by atoms with Crippen LogP contribution in [0.15, 0.2) is 0 Å². The second kappa shape index (κ2) is 3.90. The second-order valence-corrected chi connectivity index (χ2v) is 9.23. The fourth-order valence-corrected chi connectivity index (χ4v) is 2.29. The van der Waals surface area contributed by atoms with Crippen molar-refractivity contribution < 1.29 is 0 Å². The summed E-state index contributed by atoms with van der Waals surface area (Å²) in [6.07, 6.45) is 7.19. The quantitative estimate of drug-likeness (QED) is 0.584. The minimum atomic E-state index is -0.0960. The lowest BCUT2D eigenvalue weighted by molar-refractivity contribution is 0.627. The van der Waals surface area contributed by atoms with Gasteiger partial charge in [0.1, 0.15) is 2.14 Å². The van der Waals surface area contributed by atoms with E-state index in [0.717, 1.165) is 0 Å². The number of hydrogen-bond donors (Lipinski definition) is 0. The summed E-state index contributed by atoms with van der Waals surface area (Å²) in [7, 11) is 0. The molecule has 0 saturated heterocycles. The van der Waals surface area contributed by atoms with Gasteiger partial charge in [0.05, 0.1) is 0 Å². The summed E-state index contributed by atoms with van der Waals surface area (Å²) in [6, 6.07) is 0. The van der Waals surface area contributed by atoms with E-state index in [4.69, 9.17) is 0 Å². The van der Waals surface area contributed by atoms with E-state index in [2.05, 4.69) is 54.2 Å². The summed E-state index contributed by atoms with van der Waals surface area (Å²) < 4.78 is -0.0960. The summed E-state index contributed by atoms with van der Waals surface area (Å²) in [5.41, 5.74) is 0. The zero-order valence-electron chi connectivity index (χ0n) is 5.54. The maximum Gasteiger partial charge on any atom is 0.141 e. The summed E-state index contributed by atoms with van der Waals surface area (Å²) in [5.74, 6) is 1.51. The van der Waals surface area contributed by atoms with Crippen LogP contribution in [-0.4, -0.2) is 2.14 Å². The largest absolute Gasteiger partial charge is 0.141 e.